The summed E-state index contributed by atoms with van der Waals surface area (Å²) in [5, 5.41) is 6.68. The Morgan fingerprint density at radius 2 is 1.56 bits per heavy atom. The van der Waals surface area contributed by atoms with Crippen molar-refractivity contribution < 1.29 is 0 Å². The summed E-state index contributed by atoms with van der Waals surface area (Å²) in [6.45, 7) is 2.54. The van der Waals surface area contributed by atoms with Gasteiger partial charge in [0.1, 0.15) is 0 Å². The summed E-state index contributed by atoms with van der Waals surface area (Å²) in [6.07, 6.45) is 1.96. The molecule has 0 aromatic carbocycles. The zero-order valence-corrected chi connectivity index (χ0v) is 10.5. The van der Waals surface area contributed by atoms with Crippen molar-refractivity contribution in [3.8, 4) is 0 Å². The molecule has 0 aliphatic heterocycles. The average molecular weight is 248 g/mol. The van der Waals surface area contributed by atoms with Gasteiger partial charge in [0, 0.05) is 26.2 Å². The van der Waals surface area contributed by atoms with Crippen LogP contribution in [0.25, 0.3) is 0 Å². The van der Waals surface area contributed by atoms with Crippen molar-refractivity contribution in [2.24, 2.45) is 22.9 Å². The van der Waals surface area contributed by atoms with Crippen LogP contribution >= 0.6 is 12.2 Å². The first kappa shape index (κ1) is 15.5. The van der Waals surface area contributed by atoms with Crippen molar-refractivity contribution in [3.63, 3.8) is 0 Å². The molecule has 16 heavy (non-hydrogen) atoms. The first-order chi connectivity index (χ1) is 7.64. The summed E-state index contributed by atoms with van der Waals surface area (Å²) in [7, 11) is 0. The normalized spacial score (nSPS) is 11.2. The SMILES string of the molecule is NCCCCNC(=S)NC(CN)(CN)CN. The van der Waals surface area contributed by atoms with Gasteiger partial charge in [-0.25, -0.2) is 0 Å². The van der Waals surface area contributed by atoms with Gasteiger partial charge in [0.05, 0.1) is 5.54 Å². The van der Waals surface area contributed by atoms with Crippen LogP contribution < -0.4 is 33.6 Å². The fourth-order valence-electron chi connectivity index (χ4n) is 1.16. The molecule has 6 nitrogen and oxygen atoms in total. The summed E-state index contributed by atoms with van der Waals surface area (Å²) >= 11 is 5.13. The van der Waals surface area contributed by atoms with E-state index in [1.165, 1.54) is 0 Å². The molecule has 10 N–H and O–H groups in total. The number of thiocarbonyl (C=S) groups is 1. The maximum atomic E-state index is 5.63. The number of unbranched alkanes of at least 4 members (excludes halogenated alkanes) is 1. The number of nitrogens with one attached hydrogen (secondary N) is 2. The maximum absolute atomic E-state index is 5.63. The molecule has 0 bridgehead atoms. The van der Waals surface area contributed by atoms with Crippen molar-refractivity contribution in [1.29, 1.82) is 0 Å². The fourth-order valence-corrected chi connectivity index (χ4v) is 1.48. The Kier molecular flexibility index (Phi) is 8.40. The Morgan fingerprint density at radius 3 is 2.00 bits per heavy atom. The zero-order chi connectivity index (χ0) is 12.4. The lowest BCUT2D eigenvalue weighted by atomic mass is 10.0. The summed E-state index contributed by atoms with van der Waals surface area (Å²) in [4.78, 5) is 0. The van der Waals surface area contributed by atoms with Gasteiger partial charge in [-0.05, 0) is 31.6 Å². The molecule has 0 aromatic rings. The van der Waals surface area contributed by atoms with Crippen molar-refractivity contribution in [2.75, 3.05) is 32.7 Å². The summed E-state index contributed by atoms with van der Waals surface area (Å²) in [5.74, 6) is 0. The Morgan fingerprint density at radius 1 is 1.00 bits per heavy atom. The lowest BCUT2D eigenvalue weighted by molar-refractivity contribution is 0.406. The highest BCUT2D eigenvalue weighted by Crippen LogP contribution is 1.97. The monoisotopic (exact) mass is 248 g/mol. The third kappa shape index (κ3) is 5.57. The predicted octanol–water partition coefficient (Wildman–Crippen LogP) is -2.20. The number of hydrogen-bond donors (Lipinski definition) is 6. The molecule has 96 valence electrons. The molecule has 0 rings (SSSR count). The van der Waals surface area contributed by atoms with Crippen LogP contribution in [0.4, 0.5) is 0 Å². The smallest absolute Gasteiger partial charge is 0.166 e. The van der Waals surface area contributed by atoms with E-state index in [0.29, 0.717) is 31.3 Å². The maximum Gasteiger partial charge on any atom is 0.166 e. The number of rotatable bonds is 8. The molecule has 0 heterocycles. The van der Waals surface area contributed by atoms with Crippen LogP contribution in [0.5, 0.6) is 0 Å². The molecule has 0 saturated carbocycles. The Bertz CT molecular complexity index is 186. The second kappa shape index (κ2) is 8.66. The van der Waals surface area contributed by atoms with Crippen LogP contribution in [-0.2, 0) is 0 Å². The molecule has 0 aliphatic carbocycles. The minimum atomic E-state index is -0.502. The van der Waals surface area contributed by atoms with Crippen LogP contribution in [0.15, 0.2) is 0 Å². The van der Waals surface area contributed by atoms with E-state index in [1.807, 2.05) is 0 Å². The quantitative estimate of drug-likeness (QED) is 0.212. The second-order valence-corrected chi connectivity index (χ2v) is 4.18. The number of nitrogens with two attached hydrogens (primary N) is 4. The predicted molar refractivity (Wildman–Crippen MR) is 71.9 cm³/mol. The lowest BCUT2D eigenvalue weighted by Crippen LogP contribution is -2.64. The minimum absolute atomic E-state index is 0.352. The molecule has 0 aromatic heterocycles. The molecule has 0 fully saturated rings. The first-order valence-corrected chi connectivity index (χ1v) is 5.91. The largest absolute Gasteiger partial charge is 0.363 e. The molecular weight excluding hydrogens is 224 g/mol. The Hall–Kier alpha value is -0.470. The lowest BCUT2D eigenvalue weighted by Gasteiger charge is -2.32. The molecule has 7 heteroatoms. The van der Waals surface area contributed by atoms with Gasteiger partial charge in [0.15, 0.2) is 5.11 Å². The van der Waals surface area contributed by atoms with Crippen molar-refractivity contribution in [3.05, 3.63) is 0 Å². The highest BCUT2D eigenvalue weighted by Gasteiger charge is 2.25. The Balaban J connectivity index is 3.91. The van der Waals surface area contributed by atoms with Gasteiger partial charge in [-0.15, -0.1) is 0 Å². The molecule has 0 unspecified atom stereocenters. The third-order valence-corrected chi connectivity index (χ3v) is 2.71. The topological polar surface area (TPSA) is 128 Å². The molecule has 0 aliphatic rings. The van der Waals surface area contributed by atoms with Crippen molar-refractivity contribution in [2.45, 2.75) is 18.4 Å². The minimum Gasteiger partial charge on any atom is -0.363 e. The first-order valence-electron chi connectivity index (χ1n) is 5.50. The molecular formula is C9H24N6S. The van der Waals surface area contributed by atoms with Crippen molar-refractivity contribution in [1.82, 2.24) is 10.6 Å². The fraction of sp³-hybridized carbons (Fsp3) is 0.889. The second-order valence-electron chi connectivity index (χ2n) is 3.77. The molecule has 0 amide bonds. The van der Waals surface area contributed by atoms with Crippen LogP contribution in [0, 0.1) is 0 Å². The summed E-state index contributed by atoms with van der Waals surface area (Å²) < 4.78 is 0. The van der Waals surface area contributed by atoms with Gasteiger partial charge in [-0.2, -0.15) is 0 Å². The van der Waals surface area contributed by atoms with Gasteiger partial charge >= 0.3 is 0 Å². The van der Waals surface area contributed by atoms with Gasteiger partial charge in [-0.1, -0.05) is 0 Å². The van der Waals surface area contributed by atoms with Gasteiger partial charge in [-0.3, -0.25) is 0 Å². The third-order valence-electron chi connectivity index (χ3n) is 2.47. The van der Waals surface area contributed by atoms with Crippen LogP contribution in [0.1, 0.15) is 12.8 Å². The van der Waals surface area contributed by atoms with Gasteiger partial charge in [0.2, 0.25) is 0 Å². The molecule has 0 radical (unpaired) electrons. The van der Waals surface area contributed by atoms with E-state index < -0.39 is 5.54 Å². The number of hydrogen-bond acceptors (Lipinski definition) is 5. The van der Waals surface area contributed by atoms with Crippen LogP contribution in [-0.4, -0.2) is 43.4 Å². The van der Waals surface area contributed by atoms with Crippen molar-refractivity contribution >= 4 is 17.3 Å². The zero-order valence-electron chi connectivity index (χ0n) is 9.67. The highest BCUT2D eigenvalue weighted by molar-refractivity contribution is 7.80. The van der Waals surface area contributed by atoms with E-state index in [4.69, 9.17) is 35.2 Å². The van der Waals surface area contributed by atoms with E-state index in [1.54, 1.807) is 0 Å². The standard InChI is InChI=1S/C9H24N6S/c10-3-1-2-4-14-8(16)15-9(5-11,6-12)7-13/h1-7,10-13H2,(H2,14,15,16). The highest BCUT2D eigenvalue weighted by atomic mass is 32.1. The molecule has 0 atom stereocenters. The Labute approximate surface area is 102 Å². The van der Waals surface area contributed by atoms with E-state index in [2.05, 4.69) is 10.6 Å². The molecule has 0 spiro atoms. The van der Waals surface area contributed by atoms with E-state index in [-0.39, 0.29) is 0 Å². The summed E-state index contributed by atoms with van der Waals surface area (Å²) in [5.41, 5.74) is 21.8. The van der Waals surface area contributed by atoms with Gasteiger partial charge < -0.3 is 33.6 Å². The van der Waals surface area contributed by atoms with E-state index in [9.17, 15) is 0 Å². The average Bonchev–Trinajstić information content (AvgIpc) is 2.32. The molecule has 0 saturated heterocycles. The summed E-state index contributed by atoms with van der Waals surface area (Å²) in [6, 6.07) is 0. The van der Waals surface area contributed by atoms with E-state index in [0.717, 1.165) is 19.4 Å². The van der Waals surface area contributed by atoms with E-state index >= 15 is 0 Å². The van der Waals surface area contributed by atoms with Crippen LogP contribution in [0.3, 0.4) is 0 Å². The van der Waals surface area contributed by atoms with Gasteiger partial charge in [0.25, 0.3) is 0 Å². The van der Waals surface area contributed by atoms with Crippen LogP contribution in [0.2, 0.25) is 0 Å².